The van der Waals surface area contributed by atoms with Gasteiger partial charge in [-0.25, -0.2) is 0 Å². The molecule has 29 heavy (non-hydrogen) atoms. The summed E-state index contributed by atoms with van der Waals surface area (Å²) in [7, 11) is 3.36. The van der Waals surface area contributed by atoms with Crippen molar-refractivity contribution in [3.8, 4) is 11.5 Å². The summed E-state index contributed by atoms with van der Waals surface area (Å²) >= 11 is 5.51. The summed E-state index contributed by atoms with van der Waals surface area (Å²) < 4.78 is 16.0. The van der Waals surface area contributed by atoms with Gasteiger partial charge in [0.25, 0.3) is 0 Å². The highest BCUT2D eigenvalue weighted by Gasteiger charge is 2.26. The Morgan fingerprint density at radius 3 is 2.14 bits per heavy atom. The highest BCUT2D eigenvalue weighted by molar-refractivity contribution is 7.80. The Hall–Kier alpha value is -2.35. The third-order valence-electron chi connectivity index (χ3n) is 5.22. The first-order chi connectivity index (χ1) is 14.2. The van der Waals surface area contributed by atoms with E-state index in [4.69, 9.17) is 26.4 Å². The fraction of sp³-hybridized carbons (Fsp3) is 0.409. The van der Waals surface area contributed by atoms with E-state index in [-0.39, 0.29) is 0 Å². The molecule has 0 spiro atoms. The lowest BCUT2D eigenvalue weighted by Crippen LogP contribution is -3.15. The van der Waals surface area contributed by atoms with Crippen LogP contribution in [0.1, 0.15) is 17.2 Å². The molecule has 0 aromatic heterocycles. The van der Waals surface area contributed by atoms with Crippen LogP contribution in [0.5, 0.6) is 11.5 Å². The first-order valence-electron chi connectivity index (χ1n) is 9.90. The van der Waals surface area contributed by atoms with Crippen molar-refractivity contribution in [3.63, 3.8) is 0 Å². The quantitative estimate of drug-likeness (QED) is 0.565. The molecule has 0 unspecified atom stereocenters. The topological polar surface area (TPSA) is 56.2 Å². The fourth-order valence-corrected chi connectivity index (χ4v) is 3.65. The highest BCUT2D eigenvalue weighted by Crippen LogP contribution is 2.16. The predicted octanol–water partition coefficient (Wildman–Crippen LogP) is 1.32. The molecule has 0 amide bonds. The van der Waals surface area contributed by atoms with Crippen LogP contribution in [-0.4, -0.2) is 52.2 Å². The van der Waals surface area contributed by atoms with E-state index in [1.807, 2.05) is 36.4 Å². The smallest absolute Gasteiger partial charge is 0.166 e. The van der Waals surface area contributed by atoms with Crippen molar-refractivity contribution in [2.45, 2.75) is 12.6 Å². The molecule has 7 heteroatoms. The largest absolute Gasteiger partial charge is 0.497 e. The molecular formula is C22H30N3O3S+. The van der Waals surface area contributed by atoms with Gasteiger partial charge < -0.3 is 29.7 Å². The van der Waals surface area contributed by atoms with Crippen LogP contribution >= 0.6 is 12.2 Å². The van der Waals surface area contributed by atoms with Gasteiger partial charge in [-0.3, -0.25) is 0 Å². The van der Waals surface area contributed by atoms with Gasteiger partial charge in [0.05, 0.1) is 34.0 Å². The highest BCUT2D eigenvalue weighted by atomic mass is 32.1. The number of quaternary nitrogens is 1. The van der Waals surface area contributed by atoms with Gasteiger partial charge in [-0.05, 0) is 54.2 Å². The maximum atomic E-state index is 5.54. The third-order valence-corrected chi connectivity index (χ3v) is 5.51. The van der Waals surface area contributed by atoms with Crippen molar-refractivity contribution < 1.29 is 19.1 Å². The molecule has 6 nitrogen and oxygen atoms in total. The Balaban J connectivity index is 1.56. The van der Waals surface area contributed by atoms with E-state index >= 15 is 0 Å². The van der Waals surface area contributed by atoms with E-state index in [0.717, 1.165) is 49.9 Å². The Morgan fingerprint density at radius 2 is 1.55 bits per heavy atom. The van der Waals surface area contributed by atoms with Crippen LogP contribution in [0, 0.1) is 0 Å². The number of benzene rings is 2. The number of methoxy groups -OCH3 is 2. The van der Waals surface area contributed by atoms with Gasteiger partial charge >= 0.3 is 0 Å². The third kappa shape index (κ3) is 6.32. The molecule has 3 N–H and O–H groups in total. The Morgan fingerprint density at radius 1 is 0.966 bits per heavy atom. The number of hydrogen-bond acceptors (Lipinski definition) is 4. The van der Waals surface area contributed by atoms with Gasteiger partial charge in [-0.1, -0.05) is 12.1 Å². The van der Waals surface area contributed by atoms with Crippen molar-refractivity contribution in [1.82, 2.24) is 10.6 Å². The van der Waals surface area contributed by atoms with E-state index < -0.39 is 0 Å². The molecule has 1 aliphatic rings. The van der Waals surface area contributed by atoms with Crippen LogP contribution in [0.15, 0.2) is 48.5 Å². The van der Waals surface area contributed by atoms with Crippen LogP contribution in [0.3, 0.4) is 0 Å². The van der Waals surface area contributed by atoms with Crippen molar-refractivity contribution in [1.29, 1.82) is 0 Å². The van der Waals surface area contributed by atoms with Gasteiger partial charge in [0.2, 0.25) is 0 Å². The van der Waals surface area contributed by atoms with Crippen molar-refractivity contribution in [3.05, 3.63) is 59.7 Å². The lowest BCUT2D eigenvalue weighted by Gasteiger charge is -2.32. The lowest BCUT2D eigenvalue weighted by molar-refractivity contribution is -0.937. The number of nitrogens with one attached hydrogen (secondary N) is 3. The van der Waals surface area contributed by atoms with E-state index in [1.54, 1.807) is 14.2 Å². The molecule has 0 saturated carbocycles. The first kappa shape index (κ1) is 21.4. The van der Waals surface area contributed by atoms with Gasteiger partial charge in [-0.15, -0.1) is 0 Å². The molecule has 1 saturated heterocycles. The summed E-state index contributed by atoms with van der Waals surface area (Å²) in [5.74, 6) is 1.72. The Kier molecular flexibility index (Phi) is 8.10. The number of thiocarbonyl (C=S) groups is 1. The molecule has 1 atom stereocenters. The Bertz CT molecular complexity index is 762. The number of rotatable bonds is 8. The SMILES string of the molecule is COc1ccc(CNC(=S)NC[C@@H](c2ccc(OC)cc2)[NH+]2CCOCC2)cc1. The second-order valence-electron chi connectivity index (χ2n) is 7.01. The number of morpholine rings is 1. The summed E-state index contributed by atoms with van der Waals surface area (Å²) in [6.45, 7) is 5.00. The minimum atomic E-state index is 0.297. The lowest BCUT2D eigenvalue weighted by atomic mass is 10.0. The number of ether oxygens (including phenoxy) is 3. The summed E-state index contributed by atoms with van der Waals surface area (Å²) in [6.07, 6.45) is 0. The minimum Gasteiger partial charge on any atom is -0.497 e. The summed E-state index contributed by atoms with van der Waals surface area (Å²) in [4.78, 5) is 1.51. The van der Waals surface area contributed by atoms with E-state index in [1.165, 1.54) is 10.5 Å². The molecule has 0 radical (unpaired) electrons. The second kappa shape index (κ2) is 11.0. The van der Waals surface area contributed by atoms with Crippen LogP contribution in [0.4, 0.5) is 0 Å². The van der Waals surface area contributed by atoms with Gasteiger partial charge in [-0.2, -0.15) is 0 Å². The second-order valence-corrected chi connectivity index (χ2v) is 7.42. The molecule has 0 bridgehead atoms. The van der Waals surface area contributed by atoms with Gasteiger partial charge in [0, 0.05) is 12.1 Å². The van der Waals surface area contributed by atoms with Crippen LogP contribution < -0.4 is 25.0 Å². The maximum Gasteiger partial charge on any atom is 0.166 e. The van der Waals surface area contributed by atoms with Crippen molar-refractivity contribution >= 4 is 17.3 Å². The molecule has 156 valence electrons. The molecule has 1 aliphatic heterocycles. The predicted molar refractivity (Wildman–Crippen MR) is 118 cm³/mol. The average molecular weight is 417 g/mol. The van der Waals surface area contributed by atoms with E-state index in [0.29, 0.717) is 17.7 Å². The van der Waals surface area contributed by atoms with Crippen LogP contribution in [-0.2, 0) is 11.3 Å². The first-order valence-corrected chi connectivity index (χ1v) is 10.3. The van der Waals surface area contributed by atoms with Gasteiger partial charge in [0.15, 0.2) is 5.11 Å². The van der Waals surface area contributed by atoms with E-state index in [9.17, 15) is 0 Å². The van der Waals surface area contributed by atoms with Crippen molar-refractivity contribution in [2.24, 2.45) is 0 Å². The zero-order chi connectivity index (χ0) is 20.5. The summed E-state index contributed by atoms with van der Waals surface area (Å²) in [5.41, 5.74) is 2.42. The van der Waals surface area contributed by atoms with E-state index in [2.05, 4.69) is 22.8 Å². The monoisotopic (exact) mass is 416 g/mol. The molecule has 2 aromatic rings. The zero-order valence-corrected chi connectivity index (χ0v) is 17.9. The maximum absolute atomic E-state index is 5.54. The minimum absolute atomic E-state index is 0.297. The average Bonchev–Trinajstić information content (AvgIpc) is 2.79. The van der Waals surface area contributed by atoms with Gasteiger partial charge in [0.1, 0.15) is 30.6 Å². The van der Waals surface area contributed by atoms with Crippen LogP contribution in [0.25, 0.3) is 0 Å². The number of hydrogen-bond donors (Lipinski definition) is 3. The van der Waals surface area contributed by atoms with Crippen LogP contribution in [0.2, 0.25) is 0 Å². The fourth-order valence-electron chi connectivity index (χ4n) is 3.50. The molecule has 1 fully saturated rings. The standard InChI is InChI=1S/C22H29N3O3S/c1-26-19-7-3-17(4-8-19)15-23-22(29)24-16-21(25-11-13-28-14-12-25)18-5-9-20(27-2)10-6-18/h3-10,21H,11-16H2,1-2H3,(H2,23,24,29)/p+1/t21-/m0/s1. The summed E-state index contributed by atoms with van der Waals surface area (Å²) in [5, 5.41) is 7.35. The van der Waals surface area contributed by atoms with Crippen molar-refractivity contribution in [2.75, 3.05) is 47.1 Å². The molecule has 3 rings (SSSR count). The normalized spacial score (nSPS) is 15.4. The molecule has 1 heterocycles. The molecular weight excluding hydrogens is 386 g/mol. The molecule has 2 aromatic carbocycles. The molecule has 0 aliphatic carbocycles. The summed E-state index contributed by atoms with van der Waals surface area (Å²) in [6, 6.07) is 16.6. The Labute approximate surface area is 178 Å². The zero-order valence-electron chi connectivity index (χ0n) is 17.1.